The summed E-state index contributed by atoms with van der Waals surface area (Å²) in [6.45, 7) is 5.76. The van der Waals surface area contributed by atoms with E-state index in [1.54, 1.807) is 50.5 Å². The zero-order valence-corrected chi connectivity index (χ0v) is 18.5. The molecule has 0 saturated carbocycles. The fourth-order valence-electron chi connectivity index (χ4n) is 2.29. The molecule has 0 fully saturated rings. The average molecular weight is 434 g/mol. The predicted molar refractivity (Wildman–Crippen MR) is 122 cm³/mol. The van der Waals surface area contributed by atoms with Crippen LogP contribution in [0.15, 0.2) is 66.3 Å². The van der Waals surface area contributed by atoms with Gasteiger partial charge in [0.15, 0.2) is 0 Å². The first kappa shape index (κ1) is 27.6. The van der Waals surface area contributed by atoms with Crippen LogP contribution >= 0.6 is 0 Å². The minimum absolute atomic E-state index is 0.111. The molecule has 0 aromatic heterocycles. The molecule has 0 spiro atoms. The van der Waals surface area contributed by atoms with Crippen molar-refractivity contribution in [3.05, 3.63) is 71.9 Å². The molecule has 0 aliphatic rings. The highest BCUT2D eigenvalue weighted by Gasteiger charge is 2.19. The Labute approximate surface area is 183 Å². The van der Waals surface area contributed by atoms with Crippen molar-refractivity contribution in [2.75, 3.05) is 27.8 Å². The number of methoxy groups -OCH3 is 2. The van der Waals surface area contributed by atoms with Gasteiger partial charge in [0.05, 0.1) is 20.0 Å². The van der Waals surface area contributed by atoms with Crippen molar-refractivity contribution in [1.82, 2.24) is 10.6 Å². The number of rotatable bonds is 11. The highest BCUT2D eigenvalue weighted by atomic mass is 19.1. The van der Waals surface area contributed by atoms with Gasteiger partial charge in [-0.25, -0.2) is 4.39 Å². The van der Waals surface area contributed by atoms with Crippen molar-refractivity contribution in [1.29, 1.82) is 0 Å². The lowest BCUT2D eigenvalue weighted by Crippen LogP contribution is -2.25. The molecular formula is C23H32FN3O4. The molecule has 1 aromatic rings. The summed E-state index contributed by atoms with van der Waals surface area (Å²) < 4.78 is 22.6. The lowest BCUT2D eigenvalue weighted by molar-refractivity contribution is -0.105. The number of nitrogens with one attached hydrogen (secondary N) is 2. The molecule has 170 valence electrons. The second-order valence-corrected chi connectivity index (χ2v) is 6.05. The Hall–Kier alpha value is -3.39. The summed E-state index contributed by atoms with van der Waals surface area (Å²) in [6.07, 6.45) is 7.74. The summed E-state index contributed by atoms with van der Waals surface area (Å²) in [5.41, 5.74) is 6.28. The van der Waals surface area contributed by atoms with Gasteiger partial charge in [0.2, 0.25) is 0 Å². The van der Waals surface area contributed by atoms with Gasteiger partial charge in [0, 0.05) is 38.3 Å². The Bertz CT molecular complexity index is 795. The number of carbonyl (C=O) groups is 2. The van der Waals surface area contributed by atoms with Crippen LogP contribution < -0.4 is 25.8 Å². The summed E-state index contributed by atoms with van der Waals surface area (Å²) in [4.78, 5) is 23.2. The molecule has 0 aliphatic heterocycles. The zero-order valence-electron chi connectivity index (χ0n) is 18.5. The lowest BCUT2D eigenvalue weighted by atomic mass is 10.1. The van der Waals surface area contributed by atoms with Gasteiger partial charge in [0.25, 0.3) is 5.91 Å². The van der Waals surface area contributed by atoms with E-state index in [9.17, 15) is 14.0 Å². The third-order valence-electron chi connectivity index (χ3n) is 3.76. The number of halogens is 1. The maximum atomic E-state index is 12.5. The van der Waals surface area contributed by atoms with E-state index >= 15 is 0 Å². The molecule has 31 heavy (non-hydrogen) atoms. The molecule has 1 rings (SSSR count). The van der Waals surface area contributed by atoms with Crippen molar-refractivity contribution in [2.45, 2.75) is 19.8 Å². The summed E-state index contributed by atoms with van der Waals surface area (Å²) >= 11 is 0. The Morgan fingerprint density at radius 1 is 1.23 bits per heavy atom. The number of benzene rings is 1. The number of hydrogen-bond acceptors (Lipinski definition) is 6. The smallest absolute Gasteiger partial charge is 0.263 e. The number of allylic oxidation sites excluding steroid dienone is 4. The summed E-state index contributed by atoms with van der Waals surface area (Å²) in [6, 6.07) is 5.07. The first-order valence-electron chi connectivity index (χ1n) is 9.55. The molecule has 0 aliphatic carbocycles. The number of aldehydes is 1. The van der Waals surface area contributed by atoms with Crippen molar-refractivity contribution < 1.29 is 23.5 Å². The maximum Gasteiger partial charge on any atom is 0.263 e. The average Bonchev–Trinajstić information content (AvgIpc) is 2.78. The predicted octanol–water partition coefficient (Wildman–Crippen LogP) is 3.40. The van der Waals surface area contributed by atoms with Gasteiger partial charge in [-0.2, -0.15) is 0 Å². The normalized spacial score (nSPS) is 11.3. The van der Waals surface area contributed by atoms with Crippen LogP contribution in [0.5, 0.6) is 11.5 Å². The molecule has 1 amide bonds. The minimum Gasteiger partial charge on any atom is -0.496 e. The highest BCUT2D eigenvalue weighted by Crippen LogP contribution is 2.28. The largest absolute Gasteiger partial charge is 0.496 e. The minimum atomic E-state index is -0.394. The highest BCUT2D eigenvalue weighted by molar-refractivity contribution is 6.00. The third-order valence-corrected chi connectivity index (χ3v) is 3.76. The Morgan fingerprint density at radius 3 is 2.29 bits per heavy atom. The first-order chi connectivity index (χ1) is 14.9. The van der Waals surface area contributed by atoms with Crippen LogP contribution in [0, 0.1) is 0 Å². The number of carbonyl (C=O) groups excluding carboxylic acids is 2. The van der Waals surface area contributed by atoms with E-state index < -0.39 is 5.91 Å². The van der Waals surface area contributed by atoms with Crippen LogP contribution in [-0.2, 0) is 4.79 Å². The molecule has 0 saturated heterocycles. The quantitative estimate of drug-likeness (QED) is 0.281. The fraction of sp³-hybridized carbons (Fsp3) is 0.304. The van der Waals surface area contributed by atoms with Gasteiger partial charge in [-0.05, 0) is 24.6 Å². The molecule has 7 nitrogen and oxygen atoms in total. The summed E-state index contributed by atoms with van der Waals surface area (Å²) in [5, 5.41) is 5.54. The van der Waals surface area contributed by atoms with Crippen LogP contribution in [0.1, 0.15) is 30.1 Å². The molecule has 1 aromatic carbocycles. The zero-order chi connectivity index (χ0) is 23.6. The standard InChI is InChI=1S/C16H20N2O4.C7H12FN/c1-11(10-19)8-12(9-17-2)18-16(20)15-13(21-3)6-5-7-14(15)22-4;1-2-7(8)5-3-4-6-9/h5-7,9-10,17H,1,8H2,2-4H3,(H,18,20);2-4H,5-6,9H2,1H3/b12-9+;4-3-,7-2+. The van der Waals surface area contributed by atoms with Gasteiger partial charge < -0.3 is 25.8 Å². The van der Waals surface area contributed by atoms with Gasteiger partial charge in [0.1, 0.15) is 23.3 Å². The number of amides is 1. The van der Waals surface area contributed by atoms with Crippen LogP contribution in [0.3, 0.4) is 0 Å². The Balaban J connectivity index is 0.000000842. The van der Waals surface area contributed by atoms with Crippen LogP contribution in [0.25, 0.3) is 0 Å². The maximum absolute atomic E-state index is 12.5. The summed E-state index contributed by atoms with van der Waals surface area (Å²) in [7, 11) is 4.65. The third kappa shape index (κ3) is 10.8. The molecule has 0 radical (unpaired) electrons. The van der Waals surface area contributed by atoms with Crippen molar-refractivity contribution in [3.63, 3.8) is 0 Å². The van der Waals surface area contributed by atoms with Crippen LogP contribution in [0.2, 0.25) is 0 Å². The Morgan fingerprint density at radius 2 is 1.84 bits per heavy atom. The second-order valence-electron chi connectivity index (χ2n) is 6.05. The van der Waals surface area contributed by atoms with Gasteiger partial charge in [-0.1, -0.05) is 30.9 Å². The second kappa shape index (κ2) is 16.4. The molecule has 0 bridgehead atoms. The number of nitrogens with two attached hydrogens (primary N) is 1. The van der Waals surface area contributed by atoms with Gasteiger partial charge >= 0.3 is 0 Å². The van der Waals surface area contributed by atoms with Crippen molar-refractivity contribution >= 4 is 12.2 Å². The van der Waals surface area contributed by atoms with E-state index in [4.69, 9.17) is 15.2 Å². The fourth-order valence-corrected chi connectivity index (χ4v) is 2.29. The first-order valence-corrected chi connectivity index (χ1v) is 9.55. The number of ether oxygens (including phenoxy) is 2. The van der Waals surface area contributed by atoms with E-state index in [2.05, 4.69) is 17.2 Å². The topological polar surface area (TPSA) is 103 Å². The van der Waals surface area contributed by atoms with E-state index in [1.165, 1.54) is 20.3 Å². The monoisotopic (exact) mass is 433 g/mol. The van der Waals surface area contributed by atoms with Gasteiger partial charge in [-0.3, -0.25) is 9.59 Å². The van der Waals surface area contributed by atoms with E-state index in [0.717, 1.165) is 0 Å². The molecule has 0 heterocycles. The molecule has 0 atom stereocenters. The Kier molecular flexibility index (Phi) is 14.6. The van der Waals surface area contributed by atoms with E-state index in [1.807, 2.05) is 0 Å². The van der Waals surface area contributed by atoms with Gasteiger partial charge in [-0.15, -0.1) is 0 Å². The molecular weight excluding hydrogens is 401 g/mol. The number of hydrogen-bond donors (Lipinski definition) is 3. The molecule has 0 unspecified atom stereocenters. The molecule has 4 N–H and O–H groups in total. The SMILES string of the molecule is C/C=C(/F)C/C=C\CN.C=C(C=O)C/C(=C\NC)NC(=O)c1c(OC)cccc1OC. The van der Waals surface area contributed by atoms with E-state index in [-0.39, 0.29) is 17.8 Å². The molecule has 8 heteroatoms. The van der Waals surface area contributed by atoms with Crippen molar-refractivity contribution in [3.8, 4) is 11.5 Å². The lowest BCUT2D eigenvalue weighted by Gasteiger charge is -2.14. The van der Waals surface area contributed by atoms with Crippen LogP contribution in [0.4, 0.5) is 4.39 Å². The van der Waals surface area contributed by atoms with Crippen molar-refractivity contribution in [2.24, 2.45) is 5.73 Å². The van der Waals surface area contributed by atoms with Crippen LogP contribution in [-0.4, -0.2) is 40.0 Å². The summed E-state index contributed by atoms with van der Waals surface area (Å²) in [5.74, 6) is 0.291. The van der Waals surface area contributed by atoms with E-state index in [0.29, 0.717) is 42.0 Å².